The molecule has 2 nitrogen and oxygen atoms in total. The van der Waals surface area contributed by atoms with Gasteiger partial charge in [-0.25, -0.2) is 0 Å². The number of nitrogens with one attached hydrogen (secondary N) is 1. The zero-order valence-corrected chi connectivity index (χ0v) is 15.3. The van der Waals surface area contributed by atoms with Crippen molar-refractivity contribution in [3.63, 3.8) is 0 Å². The summed E-state index contributed by atoms with van der Waals surface area (Å²) in [6, 6.07) is 33.5. The summed E-state index contributed by atoms with van der Waals surface area (Å²) >= 11 is 0. The molecule has 0 unspecified atom stereocenters. The highest BCUT2D eigenvalue weighted by Gasteiger charge is 2.01. The number of fused-ring (bicyclic) bond motifs is 1. The van der Waals surface area contributed by atoms with E-state index in [9.17, 15) is 0 Å². The summed E-state index contributed by atoms with van der Waals surface area (Å²) in [6.45, 7) is 1.47. The Hall–Kier alpha value is -3.26. The molecule has 4 rings (SSSR count). The van der Waals surface area contributed by atoms with Crippen molar-refractivity contribution in [2.75, 3.05) is 11.9 Å². The van der Waals surface area contributed by atoms with Crippen molar-refractivity contribution >= 4 is 16.5 Å². The van der Waals surface area contributed by atoms with Crippen LogP contribution in [0.25, 0.3) is 10.8 Å². The third-order valence-electron chi connectivity index (χ3n) is 4.69. The fraction of sp³-hybridized carbons (Fsp3) is 0.120. The Labute approximate surface area is 160 Å². The average Bonchev–Trinajstić information content (AvgIpc) is 2.74. The van der Waals surface area contributed by atoms with Crippen LogP contribution in [-0.4, -0.2) is 6.54 Å². The van der Waals surface area contributed by atoms with E-state index in [4.69, 9.17) is 4.74 Å². The van der Waals surface area contributed by atoms with Gasteiger partial charge < -0.3 is 10.1 Å². The Morgan fingerprint density at radius 1 is 0.704 bits per heavy atom. The molecule has 0 fully saturated rings. The van der Waals surface area contributed by atoms with Crippen LogP contribution >= 0.6 is 0 Å². The largest absolute Gasteiger partial charge is 0.489 e. The van der Waals surface area contributed by atoms with Crippen LogP contribution in [0.3, 0.4) is 0 Å². The van der Waals surface area contributed by atoms with E-state index in [2.05, 4.69) is 72.0 Å². The van der Waals surface area contributed by atoms with Gasteiger partial charge in [0.05, 0.1) is 0 Å². The summed E-state index contributed by atoms with van der Waals surface area (Å²) in [5, 5.41) is 6.15. The lowest BCUT2D eigenvalue weighted by Crippen LogP contribution is -2.05. The minimum absolute atomic E-state index is 0.584. The van der Waals surface area contributed by atoms with Crippen molar-refractivity contribution in [2.45, 2.75) is 13.0 Å². The molecule has 0 amide bonds. The van der Waals surface area contributed by atoms with Crippen LogP contribution in [0.15, 0.2) is 97.1 Å². The maximum Gasteiger partial charge on any atom is 0.121 e. The van der Waals surface area contributed by atoms with E-state index in [0.29, 0.717) is 6.61 Å². The molecule has 0 bridgehead atoms. The topological polar surface area (TPSA) is 21.3 Å². The van der Waals surface area contributed by atoms with Crippen LogP contribution in [0.1, 0.15) is 11.1 Å². The Bertz CT molecular complexity index is 1010. The molecule has 0 aliphatic heterocycles. The predicted octanol–water partition coefficient (Wildman–Crippen LogP) is 6.07. The van der Waals surface area contributed by atoms with E-state index in [0.717, 1.165) is 24.4 Å². The standard InChI is InChI=1S/C25H23NO/c1-2-8-20(9-3-1)19-27-24-14-7-13-23(18-24)26-17-16-22-12-6-11-21-10-4-5-15-25(21)22/h1-15,18,26H,16-17,19H2. The molecular formula is C25H23NO. The lowest BCUT2D eigenvalue weighted by Gasteiger charge is -2.11. The zero-order valence-electron chi connectivity index (χ0n) is 15.3. The van der Waals surface area contributed by atoms with Crippen molar-refractivity contribution in [2.24, 2.45) is 0 Å². The molecule has 0 aromatic heterocycles. The highest BCUT2D eigenvalue weighted by Crippen LogP contribution is 2.21. The maximum absolute atomic E-state index is 5.91. The smallest absolute Gasteiger partial charge is 0.121 e. The number of ether oxygens (including phenoxy) is 1. The molecule has 1 N–H and O–H groups in total. The van der Waals surface area contributed by atoms with Gasteiger partial charge in [0.25, 0.3) is 0 Å². The molecule has 0 aliphatic rings. The Morgan fingerprint density at radius 3 is 2.41 bits per heavy atom. The fourth-order valence-corrected chi connectivity index (χ4v) is 3.29. The Balaban J connectivity index is 1.36. The minimum Gasteiger partial charge on any atom is -0.489 e. The number of hydrogen-bond acceptors (Lipinski definition) is 2. The third-order valence-corrected chi connectivity index (χ3v) is 4.69. The number of benzene rings is 4. The SMILES string of the molecule is c1ccc(COc2cccc(NCCc3cccc4ccccc34)c2)cc1. The van der Waals surface area contributed by atoms with Crippen molar-refractivity contribution in [3.8, 4) is 5.75 Å². The molecule has 0 aliphatic carbocycles. The second-order valence-corrected chi connectivity index (χ2v) is 6.62. The molecule has 0 saturated carbocycles. The molecule has 0 atom stereocenters. The fourth-order valence-electron chi connectivity index (χ4n) is 3.29. The Kier molecular flexibility index (Phi) is 5.35. The first-order valence-corrected chi connectivity index (χ1v) is 9.36. The van der Waals surface area contributed by atoms with Crippen LogP contribution in [-0.2, 0) is 13.0 Å². The van der Waals surface area contributed by atoms with E-state index >= 15 is 0 Å². The molecule has 0 spiro atoms. The van der Waals surface area contributed by atoms with Crippen LogP contribution < -0.4 is 10.1 Å². The van der Waals surface area contributed by atoms with Gasteiger partial charge in [0, 0.05) is 18.3 Å². The zero-order chi connectivity index (χ0) is 18.3. The molecule has 134 valence electrons. The number of hydrogen-bond donors (Lipinski definition) is 1. The maximum atomic E-state index is 5.91. The van der Waals surface area contributed by atoms with Crippen molar-refractivity contribution in [1.29, 1.82) is 0 Å². The van der Waals surface area contributed by atoms with Gasteiger partial charge in [0.2, 0.25) is 0 Å². The molecule has 4 aromatic carbocycles. The van der Waals surface area contributed by atoms with Gasteiger partial charge in [-0.3, -0.25) is 0 Å². The summed E-state index contributed by atoms with van der Waals surface area (Å²) in [5.41, 5.74) is 3.63. The van der Waals surface area contributed by atoms with Crippen LogP contribution in [0, 0.1) is 0 Å². The molecule has 2 heteroatoms. The second-order valence-electron chi connectivity index (χ2n) is 6.62. The normalized spacial score (nSPS) is 10.7. The summed E-state index contributed by atoms with van der Waals surface area (Å²) in [4.78, 5) is 0. The van der Waals surface area contributed by atoms with Gasteiger partial charge in [0.15, 0.2) is 0 Å². The lowest BCUT2D eigenvalue weighted by molar-refractivity contribution is 0.306. The minimum atomic E-state index is 0.584. The Morgan fingerprint density at radius 2 is 1.48 bits per heavy atom. The first kappa shape index (κ1) is 17.2. The second kappa shape index (κ2) is 8.41. The first-order valence-electron chi connectivity index (χ1n) is 9.36. The highest BCUT2D eigenvalue weighted by atomic mass is 16.5. The number of anilines is 1. The quantitative estimate of drug-likeness (QED) is 0.435. The van der Waals surface area contributed by atoms with Crippen LogP contribution in [0.4, 0.5) is 5.69 Å². The highest BCUT2D eigenvalue weighted by molar-refractivity contribution is 5.85. The molecular weight excluding hydrogens is 330 g/mol. The predicted molar refractivity (Wildman–Crippen MR) is 113 cm³/mol. The van der Waals surface area contributed by atoms with Crippen LogP contribution in [0.2, 0.25) is 0 Å². The summed E-state index contributed by atoms with van der Waals surface area (Å²) in [5.74, 6) is 0.883. The summed E-state index contributed by atoms with van der Waals surface area (Å²) in [7, 11) is 0. The molecule has 0 heterocycles. The third kappa shape index (κ3) is 4.48. The number of rotatable bonds is 7. The van der Waals surface area contributed by atoms with E-state index < -0.39 is 0 Å². The van der Waals surface area contributed by atoms with Gasteiger partial charge in [-0.1, -0.05) is 78.9 Å². The molecule has 4 aromatic rings. The van der Waals surface area contributed by atoms with Gasteiger partial charge in [0.1, 0.15) is 12.4 Å². The van der Waals surface area contributed by atoms with Crippen molar-refractivity contribution in [3.05, 3.63) is 108 Å². The van der Waals surface area contributed by atoms with Crippen LogP contribution in [0.5, 0.6) is 5.75 Å². The van der Waals surface area contributed by atoms with E-state index in [1.54, 1.807) is 0 Å². The lowest BCUT2D eigenvalue weighted by atomic mass is 10.0. The molecule has 0 saturated heterocycles. The van der Waals surface area contributed by atoms with Gasteiger partial charge in [-0.2, -0.15) is 0 Å². The molecule has 0 radical (unpaired) electrons. The van der Waals surface area contributed by atoms with E-state index in [-0.39, 0.29) is 0 Å². The van der Waals surface area contributed by atoms with Gasteiger partial charge in [-0.15, -0.1) is 0 Å². The van der Waals surface area contributed by atoms with Crippen molar-refractivity contribution in [1.82, 2.24) is 0 Å². The monoisotopic (exact) mass is 353 g/mol. The summed E-state index contributed by atoms with van der Waals surface area (Å²) < 4.78 is 5.91. The first-order chi connectivity index (χ1) is 13.4. The van der Waals surface area contributed by atoms with Crippen molar-refractivity contribution < 1.29 is 4.74 Å². The molecule has 27 heavy (non-hydrogen) atoms. The van der Waals surface area contributed by atoms with E-state index in [1.807, 2.05) is 30.3 Å². The average molecular weight is 353 g/mol. The van der Waals surface area contributed by atoms with Gasteiger partial charge >= 0.3 is 0 Å². The summed E-state index contributed by atoms with van der Waals surface area (Å²) in [6.07, 6.45) is 0.983. The van der Waals surface area contributed by atoms with E-state index in [1.165, 1.54) is 21.9 Å². The van der Waals surface area contributed by atoms with Gasteiger partial charge in [-0.05, 0) is 40.5 Å².